The molecule has 0 unspecified atom stereocenters. The minimum atomic E-state index is -0.276. The third-order valence-electron chi connectivity index (χ3n) is 3.15. The Morgan fingerprint density at radius 1 is 1.08 bits per heavy atom. The fraction of sp³-hybridized carbons (Fsp3) is 0.294. The van der Waals surface area contributed by atoms with Crippen LogP contribution in [0.15, 0.2) is 47.1 Å². The maximum absolute atomic E-state index is 11.9. The van der Waals surface area contributed by atoms with Crippen LogP contribution in [0.5, 0.6) is 0 Å². The first-order chi connectivity index (χ1) is 11.7. The second kappa shape index (κ2) is 10.1. The predicted molar refractivity (Wildman–Crippen MR) is 96.3 cm³/mol. The highest BCUT2D eigenvalue weighted by Gasteiger charge is 2.09. The Hall–Kier alpha value is -1.92. The highest BCUT2D eigenvalue weighted by molar-refractivity contribution is 7.98. The van der Waals surface area contributed by atoms with Gasteiger partial charge in [-0.2, -0.15) is 11.8 Å². The number of carbonyl (C=O) groups is 2. The van der Waals surface area contributed by atoms with Crippen molar-refractivity contribution in [2.45, 2.75) is 12.2 Å². The molecule has 2 N–H and O–H groups in total. The minimum absolute atomic E-state index is 0.0898. The molecule has 0 aliphatic heterocycles. The molecule has 128 valence electrons. The average Bonchev–Trinajstić information content (AvgIpc) is 3.08. The Morgan fingerprint density at radius 2 is 1.92 bits per heavy atom. The van der Waals surface area contributed by atoms with Gasteiger partial charge < -0.3 is 15.1 Å². The number of halogens is 1. The molecule has 24 heavy (non-hydrogen) atoms. The molecule has 0 saturated heterocycles. The third kappa shape index (κ3) is 6.29. The molecule has 0 aliphatic carbocycles. The molecule has 1 aromatic heterocycles. The Morgan fingerprint density at radius 3 is 2.67 bits per heavy atom. The van der Waals surface area contributed by atoms with Crippen LogP contribution < -0.4 is 10.6 Å². The summed E-state index contributed by atoms with van der Waals surface area (Å²) in [5, 5.41) is 5.91. The van der Waals surface area contributed by atoms with Gasteiger partial charge in [-0.3, -0.25) is 9.59 Å². The summed E-state index contributed by atoms with van der Waals surface area (Å²) in [6, 6.07) is 10.6. The van der Waals surface area contributed by atoms with Crippen LogP contribution in [0.2, 0.25) is 5.02 Å². The molecular formula is C17H19ClN2O3S. The number of thioether (sulfide) groups is 1. The highest BCUT2D eigenvalue weighted by atomic mass is 35.5. The molecule has 0 aliphatic rings. The molecule has 0 bridgehead atoms. The summed E-state index contributed by atoms with van der Waals surface area (Å²) in [7, 11) is 0. The van der Waals surface area contributed by atoms with E-state index in [0.29, 0.717) is 17.1 Å². The largest absolute Gasteiger partial charge is 0.468 e. The molecule has 2 amide bonds. The van der Waals surface area contributed by atoms with Crippen molar-refractivity contribution in [3.05, 3.63) is 59.0 Å². The molecular weight excluding hydrogens is 348 g/mol. The van der Waals surface area contributed by atoms with Crippen LogP contribution in [0.3, 0.4) is 0 Å². The van der Waals surface area contributed by atoms with E-state index in [4.69, 9.17) is 16.0 Å². The first kappa shape index (κ1) is 18.4. The van der Waals surface area contributed by atoms with E-state index in [1.807, 2.05) is 12.1 Å². The Labute approximate surface area is 150 Å². The number of benzene rings is 1. The molecule has 2 aromatic rings. The van der Waals surface area contributed by atoms with E-state index < -0.39 is 0 Å². The summed E-state index contributed by atoms with van der Waals surface area (Å²) < 4.78 is 5.22. The van der Waals surface area contributed by atoms with E-state index in [9.17, 15) is 9.59 Å². The normalized spacial score (nSPS) is 10.4. The Kier molecular flexibility index (Phi) is 7.71. The molecule has 0 radical (unpaired) electrons. The van der Waals surface area contributed by atoms with Crippen molar-refractivity contribution in [2.24, 2.45) is 0 Å². The van der Waals surface area contributed by atoms with Crippen LogP contribution >= 0.6 is 23.4 Å². The van der Waals surface area contributed by atoms with E-state index in [2.05, 4.69) is 10.6 Å². The third-order valence-corrected chi connectivity index (χ3v) is 4.46. The lowest BCUT2D eigenvalue weighted by Crippen LogP contribution is -2.31. The lowest BCUT2D eigenvalue weighted by molar-refractivity contribution is -0.120. The van der Waals surface area contributed by atoms with E-state index >= 15 is 0 Å². The number of amides is 2. The van der Waals surface area contributed by atoms with Crippen LogP contribution in [0, 0.1) is 0 Å². The van der Waals surface area contributed by atoms with E-state index in [0.717, 1.165) is 17.3 Å². The molecule has 0 saturated carbocycles. The van der Waals surface area contributed by atoms with E-state index in [-0.39, 0.29) is 24.8 Å². The molecule has 0 fully saturated rings. The molecule has 2 rings (SSSR count). The van der Waals surface area contributed by atoms with E-state index in [1.165, 1.54) is 0 Å². The smallest absolute Gasteiger partial charge is 0.252 e. The van der Waals surface area contributed by atoms with Gasteiger partial charge >= 0.3 is 0 Å². The van der Waals surface area contributed by atoms with Gasteiger partial charge in [0.2, 0.25) is 5.91 Å². The topological polar surface area (TPSA) is 71.3 Å². The summed E-state index contributed by atoms with van der Waals surface area (Å²) in [6.07, 6.45) is 1.88. The molecule has 7 heteroatoms. The second-order valence-corrected chi connectivity index (χ2v) is 6.48. The van der Waals surface area contributed by atoms with Crippen molar-refractivity contribution in [1.29, 1.82) is 0 Å². The quantitative estimate of drug-likeness (QED) is 0.669. The van der Waals surface area contributed by atoms with Crippen molar-refractivity contribution in [3.63, 3.8) is 0 Å². The SMILES string of the molecule is O=C(CCNC(=O)c1ccccc1Cl)NCCSCc1ccco1. The monoisotopic (exact) mass is 366 g/mol. The average molecular weight is 367 g/mol. The van der Waals surface area contributed by atoms with Gasteiger partial charge in [-0.05, 0) is 24.3 Å². The fourth-order valence-electron chi connectivity index (χ4n) is 1.95. The molecule has 1 heterocycles. The number of nitrogens with one attached hydrogen (secondary N) is 2. The van der Waals surface area contributed by atoms with Gasteiger partial charge in [0.25, 0.3) is 5.91 Å². The molecule has 1 aromatic carbocycles. The molecule has 0 atom stereocenters. The van der Waals surface area contributed by atoms with Crippen LogP contribution in [-0.4, -0.2) is 30.7 Å². The zero-order valence-electron chi connectivity index (χ0n) is 13.1. The van der Waals surface area contributed by atoms with Crippen LogP contribution in [0.25, 0.3) is 0 Å². The highest BCUT2D eigenvalue weighted by Crippen LogP contribution is 2.14. The summed E-state index contributed by atoms with van der Waals surface area (Å²) in [4.78, 5) is 23.6. The van der Waals surface area contributed by atoms with Gasteiger partial charge in [0.05, 0.1) is 22.6 Å². The standard InChI is InChI=1S/C17H19ClN2O3S/c18-15-6-2-1-5-14(15)17(22)20-8-7-16(21)19-9-11-24-12-13-4-3-10-23-13/h1-6,10H,7-9,11-12H2,(H,19,21)(H,20,22). The van der Waals surface area contributed by atoms with Crippen molar-refractivity contribution in [3.8, 4) is 0 Å². The van der Waals surface area contributed by atoms with Gasteiger partial charge in [0.1, 0.15) is 5.76 Å². The lowest BCUT2D eigenvalue weighted by Gasteiger charge is -2.07. The zero-order valence-corrected chi connectivity index (χ0v) is 14.7. The Bertz CT molecular complexity index is 662. The lowest BCUT2D eigenvalue weighted by atomic mass is 10.2. The van der Waals surface area contributed by atoms with Gasteiger partial charge in [0, 0.05) is 25.3 Å². The van der Waals surface area contributed by atoms with E-state index in [1.54, 1.807) is 42.3 Å². The zero-order chi connectivity index (χ0) is 17.2. The van der Waals surface area contributed by atoms with Crippen molar-refractivity contribution in [2.75, 3.05) is 18.8 Å². The first-order valence-electron chi connectivity index (χ1n) is 7.56. The molecule has 0 spiro atoms. The maximum Gasteiger partial charge on any atom is 0.252 e. The van der Waals surface area contributed by atoms with Gasteiger partial charge in [0.15, 0.2) is 0 Å². The van der Waals surface area contributed by atoms with Gasteiger partial charge in [-0.1, -0.05) is 23.7 Å². The maximum atomic E-state index is 11.9. The molecule has 5 nitrogen and oxygen atoms in total. The summed E-state index contributed by atoms with van der Waals surface area (Å²) >= 11 is 7.63. The number of hydrogen-bond donors (Lipinski definition) is 2. The second-order valence-electron chi connectivity index (χ2n) is 4.97. The first-order valence-corrected chi connectivity index (χ1v) is 9.09. The number of carbonyl (C=O) groups excluding carboxylic acids is 2. The van der Waals surface area contributed by atoms with Crippen molar-refractivity contribution in [1.82, 2.24) is 10.6 Å². The van der Waals surface area contributed by atoms with Crippen LogP contribution in [0.1, 0.15) is 22.5 Å². The number of hydrogen-bond acceptors (Lipinski definition) is 4. The van der Waals surface area contributed by atoms with Gasteiger partial charge in [-0.25, -0.2) is 0 Å². The van der Waals surface area contributed by atoms with Gasteiger partial charge in [-0.15, -0.1) is 0 Å². The fourth-order valence-corrected chi connectivity index (χ4v) is 2.93. The summed E-state index contributed by atoms with van der Waals surface area (Å²) in [5.41, 5.74) is 0.411. The number of furan rings is 1. The van der Waals surface area contributed by atoms with Crippen molar-refractivity contribution < 1.29 is 14.0 Å². The van der Waals surface area contributed by atoms with Crippen molar-refractivity contribution >= 4 is 35.2 Å². The summed E-state index contributed by atoms with van der Waals surface area (Å²) in [6.45, 7) is 0.859. The van der Waals surface area contributed by atoms with Crippen LogP contribution in [0.4, 0.5) is 0 Å². The van der Waals surface area contributed by atoms with Crippen LogP contribution in [-0.2, 0) is 10.5 Å². The predicted octanol–water partition coefficient (Wildman–Crippen LogP) is 3.10. The summed E-state index contributed by atoms with van der Waals surface area (Å²) in [5.74, 6) is 2.15. The number of rotatable bonds is 9. The minimum Gasteiger partial charge on any atom is -0.468 e. The Balaban J connectivity index is 1.55.